The highest BCUT2D eigenvalue weighted by atomic mass is 79.9. The molecule has 27 heavy (non-hydrogen) atoms. The molecular formula is C19H18BrClN2O3S. The van der Waals surface area contributed by atoms with Crippen molar-refractivity contribution in [2.45, 2.75) is 4.90 Å². The van der Waals surface area contributed by atoms with Gasteiger partial charge in [0, 0.05) is 20.0 Å². The Bertz CT molecular complexity index is 828. The standard InChI is InChI=1S/C19H18BrClN2O3S/c1-3-8-26-18-10-16(20)13(9-17(18)25-2)11-22-23-19(24)12-27-15-6-4-14(21)5-7-15/h3-7,9-11H,1,8,12H2,2H3,(H,23,24)/b22-11-. The summed E-state index contributed by atoms with van der Waals surface area (Å²) in [4.78, 5) is 12.9. The quantitative estimate of drug-likeness (QED) is 0.245. The van der Waals surface area contributed by atoms with Crippen molar-refractivity contribution >= 4 is 51.4 Å². The summed E-state index contributed by atoms with van der Waals surface area (Å²) >= 11 is 10.7. The van der Waals surface area contributed by atoms with E-state index >= 15 is 0 Å². The van der Waals surface area contributed by atoms with Gasteiger partial charge in [-0.3, -0.25) is 4.79 Å². The molecule has 8 heteroatoms. The number of nitrogens with zero attached hydrogens (tertiary/aromatic N) is 1. The molecule has 2 rings (SSSR count). The number of carbonyl (C=O) groups is 1. The van der Waals surface area contributed by atoms with Crippen molar-refractivity contribution in [2.24, 2.45) is 5.10 Å². The Morgan fingerprint density at radius 2 is 2.07 bits per heavy atom. The van der Waals surface area contributed by atoms with Crippen molar-refractivity contribution in [3.05, 3.63) is 64.1 Å². The lowest BCUT2D eigenvalue weighted by atomic mass is 10.2. The van der Waals surface area contributed by atoms with Crippen molar-refractivity contribution < 1.29 is 14.3 Å². The Hall–Kier alpha value is -1.96. The number of methoxy groups -OCH3 is 1. The van der Waals surface area contributed by atoms with Crippen LogP contribution < -0.4 is 14.9 Å². The maximum Gasteiger partial charge on any atom is 0.250 e. The van der Waals surface area contributed by atoms with Gasteiger partial charge >= 0.3 is 0 Å². The summed E-state index contributed by atoms with van der Waals surface area (Å²) in [6.07, 6.45) is 3.19. The van der Waals surface area contributed by atoms with E-state index in [1.54, 1.807) is 37.5 Å². The van der Waals surface area contributed by atoms with E-state index in [-0.39, 0.29) is 11.7 Å². The SMILES string of the molecule is C=CCOc1cc(Br)c(/C=N\NC(=O)CSc2ccc(Cl)cc2)cc1OC. The number of nitrogens with one attached hydrogen (secondary N) is 1. The monoisotopic (exact) mass is 468 g/mol. The molecule has 0 unspecified atom stereocenters. The summed E-state index contributed by atoms with van der Waals surface area (Å²) in [5.74, 6) is 1.19. The summed E-state index contributed by atoms with van der Waals surface area (Å²) in [6.45, 7) is 3.99. The third kappa shape index (κ3) is 6.93. The normalized spacial score (nSPS) is 10.6. The zero-order valence-corrected chi connectivity index (χ0v) is 17.7. The summed E-state index contributed by atoms with van der Waals surface area (Å²) < 4.78 is 11.6. The molecule has 0 aliphatic carbocycles. The molecule has 0 fully saturated rings. The van der Waals surface area contributed by atoms with E-state index in [1.807, 2.05) is 12.1 Å². The Labute approximate surface area is 175 Å². The van der Waals surface area contributed by atoms with Gasteiger partial charge in [-0.25, -0.2) is 5.43 Å². The molecule has 0 saturated carbocycles. The fourth-order valence-corrected chi connectivity index (χ4v) is 3.20. The first-order chi connectivity index (χ1) is 13.0. The third-order valence-electron chi connectivity index (χ3n) is 3.22. The Morgan fingerprint density at radius 3 is 2.74 bits per heavy atom. The number of hydrazone groups is 1. The van der Waals surface area contributed by atoms with Crippen molar-refractivity contribution in [3.8, 4) is 11.5 Å². The number of halogens is 2. The molecule has 2 aromatic carbocycles. The van der Waals surface area contributed by atoms with Gasteiger partial charge in [0.1, 0.15) is 6.61 Å². The predicted octanol–water partition coefficient (Wildman–Crippen LogP) is 4.92. The molecule has 0 saturated heterocycles. The van der Waals surface area contributed by atoms with Crippen LogP contribution in [0.25, 0.3) is 0 Å². The van der Waals surface area contributed by atoms with Crippen LogP contribution in [0.5, 0.6) is 11.5 Å². The largest absolute Gasteiger partial charge is 0.493 e. The van der Waals surface area contributed by atoms with Gasteiger partial charge in [-0.15, -0.1) is 11.8 Å². The molecule has 0 radical (unpaired) electrons. The van der Waals surface area contributed by atoms with Crippen molar-refractivity contribution in [1.82, 2.24) is 5.43 Å². The molecule has 5 nitrogen and oxygen atoms in total. The smallest absolute Gasteiger partial charge is 0.250 e. The van der Waals surface area contributed by atoms with E-state index in [0.717, 1.165) is 14.9 Å². The average molecular weight is 470 g/mol. The van der Waals surface area contributed by atoms with Crippen LogP contribution in [-0.4, -0.2) is 31.6 Å². The molecule has 0 aromatic heterocycles. The van der Waals surface area contributed by atoms with E-state index in [9.17, 15) is 4.79 Å². The van der Waals surface area contributed by atoms with Crippen LogP contribution >= 0.6 is 39.3 Å². The van der Waals surface area contributed by atoms with Gasteiger partial charge in [0.2, 0.25) is 5.91 Å². The molecule has 1 amide bonds. The molecule has 0 aliphatic heterocycles. The van der Waals surface area contributed by atoms with Crippen molar-refractivity contribution in [3.63, 3.8) is 0 Å². The second kappa shape index (κ2) is 11.0. The third-order valence-corrected chi connectivity index (χ3v) is 5.17. The van der Waals surface area contributed by atoms with Crippen LogP contribution in [0.4, 0.5) is 0 Å². The van der Waals surface area contributed by atoms with Crippen LogP contribution in [0.1, 0.15) is 5.56 Å². The molecule has 1 N–H and O–H groups in total. The van der Waals surface area contributed by atoms with Crippen LogP contribution in [-0.2, 0) is 4.79 Å². The molecule has 0 atom stereocenters. The second-order valence-corrected chi connectivity index (χ2v) is 7.50. The van der Waals surface area contributed by atoms with Gasteiger partial charge in [-0.05, 0) is 52.3 Å². The molecule has 0 bridgehead atoms. The minimum absolute atomic E-state index is 0.208. The van der Waals surface area contributed by atoms with Gasteiger partial charge in [0.25, 0.3) is 0 Å². The lowest BCUT2D eigenvalue weighted by molar-refractivity contribution is -0.118. The van der Waals surface area contributed by atoms with Crippen LogP contribution in [0.2, 0.25) is 5.02 Å². The zero-order valence-electron chi connectivity index (χ0n) is 14.6. The van der Waals surface area contributed by atoms with Crippen LogP contribution in [0, 0.1) is 0 Å². The van der Waals surface area contributed by atoms with Crippen LogP contribution in [0.3, 0.4) is 0 Å². The molecule has 0 spiro atoms. The van der Waals surface area contributed by atoms with Crippen molar-refractivity contribution in [2.75, 3.05) is 19.5 Å². The van der Waals surface area contributed by atoms with Gasteiger partial charge in [-0.1, -0.05) is 24.3 Å². The maximum atomic E-state index is 11.9. The van der Waals surface area contributed by atoms with Crippen LogP contribution in [0.15, 0.2) is 63.5 Å². The summed E-state index contributed by atoms with van der Waals surface area (Å²) in [7, 11) is 1.56. The fourth-order valence-electron chi connectivity index (χ4n) is 1.96. The highest BCUT2D eigenvalue weighted by molar-refractivity contribution is 9.10. The molecule has 0 heterocycles. The van der Waals surface area contributed by atoms with E-state index in [1.165, 1.54) is 18.0 Å². The Morgan fingerprint density at radius 1 is 1.33 bits per heavy atom. The molecule has 0 aliphatic rings. The van der Waals surface area contributed by atoms with E-state index in [0.29, 0.717) is 23.1 Å². The number of hydrogen-bond acceptors (Lipinski definition) is 5. The zero-order chi connectivity index (χ0) is 19.6. The lowest BCUT2D eigenvalue weighted by Crippen LogP contribution is -2.19. The predicted molar refractivity (Wildman–Crippen MR) is 114 cm³/mol. The number of rotatable bonds is 9. The lowest BCUT2D eigenvalue weighted by Gasteiger charge is -2.11. The minimum Gasteiger partial charge on any atom is -0.493 e. The number of carbonyl (C=O) groups excluding carboxylic acids is 1. The maximum absolute atomic E-state index is 11.9. The molecule has 2 aromatic rings. The van der Waals surface area contributed by atoms with E-state index in [2.05, 4.69) is 33.0 Å². The summed E-state index contributed by atoms with van der Waals surface area (Å²) in [6, 6.07) is 10.8. The fraction of sp³-hybridized carbons (Fsp3) is 0.158. The first-order valence-electron chi connectivity index (χ1n) is 7.85. The van der Waals surface area contributed by atoms with Gasteiger partial charge in [0.05, 0.1) is 19.1 Å². The average Bonchev–Trinajstić information content (AvgIpc) is 2.67. The molecular weight excluding hydrogens is 452 g/mol. The number of thioether (sulfide) groups is 1. The van der Waals surface area contributed by atoms with Crippen molar-refractivity contribution in [1.29, 1.82) is 0 Å². The Kier molecular flexibility index (Phi) is 8.71. The van der Waals surface area contributed by atoms with E-state index in [4.69, 9.17) is 21.1 Å². The summed E-state index contributed by atoms with van der Waals surface area (Å²) in [5, 5.41) is 4.66. The Balaban J connectivity index is 1.93. The highest BCUT2D eigenvalue weighted by Gasteiger charge is 2.09. The number of ether oxygens (including phenoxy) is 2. The van der Waals surface area contributed by atoms with Gasteiger partial charge in [0.15, 0.2) is 11.5 Å². The number of hydrogen-bond donors (Lipinski definition) is 1. The van der Waals surface area contributed by atoms with Gasteiger partial charge < -0.3 is 9.47 Å². The first kappa shape index (κ1) is 21.3. The topological polar surface area (TPSA) is 59.9 Å². The van der Waals surface area contributed by atoms with E-state index < -0.39 is 0 Å². The first-order valence-corrected chi connectivity index (χ1v) is 10.0. The number of benzene rings is 2. The second-order valence-electron chi connectivity index (χ2n) is 5.16. The molecule has 142 valence electrons. The minimum atomic E-state index is -0.208. The highest BCUT2D eigenvalue weighted by Crippen LogP contribution is 2.32. The number of amides is 1. The summed E-state index contributed by atoms with van der Waals surface area (Å²) in [5.41, 5.74) is 3.24. The van der Waals surface area contributed by atoms with Gasteiger partial charge in [-0.2, -0.15) is 5.10 Å².